The summed E-state index contributed by atoms with van der Waals surface area (Å²) in [6, 6.07) is 0. The van der Waals surface area contributed by atoms with E-state index in [0.29, 0.717) is 0 Å². The lowest BCUT2D eigenvalue weighted by Crippen LogP contribution is -2.20. The van der Waals surface area contributed by atoms with E-state index in [2.05, 4.69) is 31.0 Å². The van der Waals surface area contributed by atoms with Crippen molar-refractivity contribution in [3.05, 3.63) is 17.5 Å². The smallest absolute Gasteiger partial charge is 0.0529 e. The average Bonchev–Trinajstić information content (AvgIpc) is 2.72. The zero-order valence-corrected chi connectivity index (χ0v) is 9.09. The van der Waals surface area contributed by atoms with Gasteiger partial charge < -0.3 is 5.11 Å². The van der Waals surface area contributed by atoms with E-state index in [4.69, 9.17) is 0 Å². The largest absolute Gasteiger partial charge is 0.395 e. The van der Waals surface area contributed by atoms with Crippen LogP contribution in [0.2, 0.25) is 0 Å². The van der Waals surface area contributed by atoms with Gasteiger partial charge in [-0.05, 0) is 12.8 Å². The zero-order chi connectivity index (χ0) is 10.4. The number of hydrogen-bond acceptors (Lipinski definition) is 2. The molecule has 2 rings (SSSR count). The van der Waals surface area contributed by atoms with Crippen molar-refractivity contribution in [3.63, 3.8) is 0 Å². The molecule has 0 radical (unpaired) electrons. The normalized spacial score (nSPS) is 19.7. The highest BCUT2D eigenvalue weighted by Gasteiger charge is 2.47. The second kappa shape index (κ2) is 2.83. The Labute approximate surface area is 84.5 Å². The molecule has 1 aromatic rings. The summed E-state index contributed by atoms with van der Waals surface area (Å²) in [5.41, 5.74) is 2.49. The quantitative estimate of drug-likeness (QED) is 0.753. The van der Waals surface area contributed by atoms with Gasteiger partial charge in [-0.3, -0.25) is 5.10 Å². The maximum Gasteiger partial charge on any atom is 0.0529 e. The van der Waals surface area contributed by atoms with Crippen LogP contribution in [-0.4, -0.2) is 21.9 Å². The standard InChI is InChI=1S/C11H18N2O/c1-10(2,3)9-8(6-12-13-9)11(7-14)4-5-11/h6,14H,4-5,7H2,1-3H3,(H,12,13). The molecule has 1 heterocycles. The summed E-state index contributed by atoms with van der Waals surface area (Å²) in [6.45, 7) is 6.74. The first-order chi connectivity index (χ1) is 6.49. The van der Waals surface area contributed by atoms with Gasteiger partial charge in [-0.25, -0.2) is 0 Å². The number of H-pyrrole nitrogens is 1. The Morgan fingerprint density at radius 2 is 2.14 bits per heavy atom. The van der Waals surface area contributed by atoms with E-state index in [9.17, 15) is 5.11 Å². The second-order valence-electron chi connectivity index (χ2n) is 5.35. The van der Waals surface area contributed by atoms with Gasteiger partial charge in [0.15, 0.2) is 0 Å². The minimum atomic E-state index is 0.0234. The number of aliphatic hydroxyl groups is 1. The van der Waals surface area contributed by atoms with Crippen LogP contribution in [0.4, 0.5) is 0 Å². The number of aliphatic hydroxyl groups excluding tert-OH is 1. The highest BCUT2D eigenvalue weighted by atomic mass is 16.3. The van der Waals surface area contributed by atoms with Crippen molar-refractivity contribution in [3.8, 4) is 0 Å². The fourth-order valence-electron chi connectivity index (χ4n) is 1.92. The predicted octanol–water partition coefficient (Wildman–Crippen LogP) is 1.73. The van der Waals surface area contributed by atoms with Gasteiger partial charge in [0.25, 0.3) is 0 Å². The van der Waals surface area contributed by atoms with Gasteiger partial charge in [0.1, 0.15) is 0 Å². The van der Waals surface area contributed by atoms with Crippen molar-refractivity contribution in [2.75, 3.05) is 6.61 Å². The molecule has 3 heteroatoms. The van der Waals surface area contributed by atoms with Crippen LogP contribution >= 0.6 is 0 Å². The van der Waals surface area contributed by atoms with Gasteiger partial charge >= 0.3 is 0 Å². The molecule has 0 bridgehead atoms. The molecule has 0 atom stereocenters. The topological polar surface area (TPSA) is 48.9 Å². The number of rotatable bonds is 2. The summed E-state index contributed by atoms with van der Waals surface area (Å²) in [4.78, 5) is 0. The lowest BCUT2D eigenvalue weighted by Gasteiger charge is -2.21. The molecule has 3 nitrogen and oxygen atoms in total. The number of aromatic amines is 1. The van der Waals surface area contributed by atoms with Crippen LogP contribution in [0.5, 0.6) is 0 Å². The maximum atomic E-state index is 9.38. The fraction of sp³-hybridized carbons (Fsp3) is 0.727. The minimum Gasteiger partial charge on any atom is -0.395 e. The van der Waals surface area contributed by atoms with Crippen molar-refractivity contribution >= 4 is 0 Å². The summed E-state index contributed by atoms with van der Waals surface area (Å²) in [7, 11) is 0. The molecule has 0 unspecified atom stereocenters. The van der Waals surface area contributed by atoms with Gasteiger partial charge in [0, 0.05) is 22.1 Å². The molecule has 0 amide bonds. The maximum absolute atomic E-state index is 9.38. The fourth-order valence-corrected chi connectivity index (χ4v) is 1.92. The highest BCUT2D eigenvalue weighted by molar-refractivity contribution is 5.36. The van der Waals surface area contributed by atoms with Crippen LogP contribution in [0.25, 0.3) is 0 Å². The van der Waals surface area contributed by atoms with E-state index in [-0.39, 0.29) is 17.4 Å². The number of hydrogen-bond donors (Lipinski definition) is 2. The summed E-state index contributed by atoms with van der Waals surface area (Å²) < 4.78 is 0. The van der Waals surface area contributed by atoms with Gasteiger partial charge in [-0.1, -0.05) is 20.8 Å². The Morgan fingerprint density at radius 1 is 1.50 bits per heavy atom. The Hall–Kier alpha value is -0.830. The van der Waals surface area contributed by atoms with Crippen molar-refractivity contribution in [2.45, 2.75) is 44.4 Å². The third-order valence-electron chi connectivity index (χ3n) is 3.12. The molecule has 1 aliphatic rings. The monoisotopic (exact) mass is 194 g/mol. The molecule has 14 heavy (non-hydrogen) atoms. The summed E-state index contributed by atoms with van der Waals surface area (Å²) in [5.74, 6) is 0. The first-order valence-corrected chi connectivity index (χ1v) is 5.15. The van der Waals surface area contributed by atoms with Crippen molar-refractivity contribution in [1.82, 2.24) is 10.2 Å². The van der Waals surface area contributed by atoms with Crippen LogP contribution < -0.4 is 0 Å². The molecule has 0 spiro atoms. The van der Waals surface area contributed by atoms with Crippen molar-refractivity contribution < 1.29 is 5.11 Å². The first kappa shape index (κ1) is 9.71. The Kier molecular flexibility index (Phi) is 1.96. The Morgan fingerprint density at radius 3 is 2.57 bits per heavy atom. The van der Waals surface area contributed by atoms with Gasteiger partial charge in [0.2, 0.25) is 0 Å². The molecule has 0 aliphatic heterocycles. The van der Waals surface area contributed by atoms with Crippen LogP contribution in [0.15, 0.2) is 6.20 Å². The molecule has 1 aromatic heterocycles. The number of nitrogens with one attached hydrogen (secondary N) is 1. The van der Waals surface area contributed by atoms with E-state index in [1.165, 1.54) is 11.3 Å². The van der Waals surface area contributed by atoms with E-state index < -0.39 is 0 Å². The zero-order valence-electron chi connectivity index (χ0n) is 9.09. The third kappa shape index (κ3) is 1.36. The van der Waals surface area contributed by atoms with Gasteiger partial charge in [-0.15, -0.1) is 0 Å². The summed E-state index contributed by atoms with van der Waals surface area (Å²) >= 11 is 0. The number of aromatic nitrogens is 2. The van der Waals surface area contributed by atoms with Crippen molar-refractivity contribution in [1.29, 1.82) is 0 Å². The molecule has 78 valence electrons. The van der Waals surface area contributed by atoms with E-state index in [1.54, 1.807) is 0 Å². The van der Waals surface area contributed by atoms with Crippen LogP contribution in [-0.2, 0) is 10.8 Å². The SMILES string of the molecule is CC(C)(C)c1[nH]ncc1C1(CO)CC1. The Balaban J connectivity index is 2.40. The first-order valence-electron chi connectivity index (χ1n) is 5.15. The lowest BCUT2D eigenvalue weighted by atomic mass is 9.84. The van der Waals surface area contributed by atoms with Crippen molar-refractivity contribution in [2.24, 2.45) is 0 Å². The molecule has 1 aliphatic carbocycles. The average molecular weight is 194 g/mol. The molecule has 0 aromatic carbocycles. The molecule has 0 saturated heterocycles. The van der Waals surface area contributed by atoms with Gasteiger partial charge in [-0.2, -0.15) is 5.10 Å². The predicted molar refractivity (Wildman–Crippen MR) is 55.3 cm³/mol. The molecular formula is C11H18N2O. The third-order valence-corrected chi connectivity index (χ3v) is 3.12. The second-order valence-corrected chi connectivity index (χ2v) is 5.35. The highest BCUT2D eigenvalue weighted by Crippen LogP contribution is 2.50. The van der Waals surface area contributed by atoms with E-state index >= 15 is 0 Å². The van der Waals surface area contributed by atoms with E-state index in [0.717, 1.165) is 12.8 Å². The van der Waals surface area contributed by atoms with Crippen LogP contribution in [0.3, 0.4) is 0 Å². The molecular weight excluding hydrogens is 176 g/mol. The molecule has 1 saturated carbocycles. The Bertz CT molecular complexity index is 331. The summed E-state index contributed by atoms with van der Waals surface area (Å²) in [6.07, 6.45) is 4.06. The summed E-state index contributed by atoms with van der Waals surface area (Å²) in [5, 5.41) is 16.5. The van der Waals surface area contributed by atoms with Gasteiger partial charge in [0.05, 0.1) is 12.8 Å². The number of nitrogens with zero attached hydrogens (tertiary/aromatic N) is 1. The molecule has 2 N–H and O–H groups in total. The van der Waals surface area contributed by atoms with Crippen LogP contribution in [0.1, 0.15) is 44.9 Å². The minimum absolute atomic E-state index is 0.0234. The van der Waals surface area contributed by atoms with E-state index in [1.807, 2.05) is 6.20 Å². The molecule has 1 fully saturated rings. The lowest BCUT2D eigenvalue weighted by molar-refractivity contribution is 0.253. The van der Waals surface area contributed by atoms with Crippen LogP contribution in [0, 0.1) is 0 Å².